The molecule has 2 rings (SSSR count). The summed E-state index contributed by atoms with van der Waals surface area (Å²) in [5.74, 6) is -0.0377. The molecule has 0 atom stereocenters. The predicted molar refractivity (Wildman–Crippen MR) is 69.8 cm³/mol. The van der Waals surface area contributed by atoms with Crippen LogP contribution in [0.3, 0.4) is 0 Å². The molecule has 19 heavy (non-hydrogen) atoms. The van der Waals surface area contributed by atoms with Crippen molar-refractivity contribution in [2.45, 2.75) is 32.6 Å². The average molecular weight is 265 g/mol. The second-order valence-corrected chi connectivity index (χ2v) is 4.72. The van der Waals surface area contributed by atoms with Gasteiger partial charge < -0.3 is 10.1 Å². The maximum absolute atomic E-state index is 12.1. The van der Waals surface area contributed by atoms with Crippen molar-refractivity contribution in [1.82, 2.24) is 9.78 Å². The second kappa shape index (κ2) is 5.86. The molecule has 6 heteroatoms. The third kappa shape index (κ3) is 2.94. The highest BCUT2D eigenvalue weighted by molar-refractivity contribution is 6.00. The van der Waals surface area contributed by atoms with Crippen LogP contribution in [0.15, 0.2) is 6.20 Å². The van der Waals surface area contributed by atoms with Gasteiger partial charge in [-0.2, -0.15) is 5.10 Å². The molecule has 6 nitrogen and oxygen atoms in total. The molecular weight excluding hydrogens is 246 g/mol. The van der Waals surface area contributed by atoms with Gasteiger partial charge in [0.05, 0.1) is 12.8 Å². The first-order valence-electron chi connectivity index (χ1n) is 6.63. The maximum Gasteiger partial charge on any atom is 0.343 e. The molecule has 1 aliphatic rings. The quantitative estimate of drug-likeness (QED) is 0.841. The standard InChI is InChI=1S/C13H19N3O3/c1-3-19-13(18)10-8-14-16(2)11(10)15-12(17)9-6-4-5-7-9/h8-9H,3-7H2,1-2H3,(H,15,17). The van der Waals surface area contributed by atoms with E-state index >= 15 is 0 Å². The van der Waals surface area contributed by atoms with Gasteiger partial charge in [-0.15, -0.1) is 0 Å². The Labute approximate surface area is 112 Å². The van der Waals surface area contributed by atoms with E-state index in [4.69, 9.17) is 4.74 Å². The van der Waals surface area contributed by atoms with Crippen molar-refractivity contribution in [3.05, 3.63) is 11.8 Å². The summed E-state index contributed by atoms with van der Waals surface area (Å²) in [4.78, 5) is 23.8. The predicted octanol–water partition coefficient (Wildman–Crippen LogP) is 1.73. The number of esters is 1. The van der Waals surface area contributed by atoms with Gasteiger partial charge in [-0.3, -0.25) is 9.48 Å². The zero-order valence-electron chi connectivity index (χ0n) is 11.3. The third-order valence-corrected chi connectivity index (χ3v) is 3.40. The van der Waals surface area contributed by atoms with Crippen molar-refractivity contribution in [3.63, 3.8) is 0 Å². The number of amides is 1. The van der Waals surface area contributed by atoms with Crippen LogP contribution in [0.5, 0.6) is 0 Å². The van der Waals surface area contributed by atoms with E-state index in [0.29, 0.717) is 18.0 Å². The topological polar surface area (TPSA) is 73.2 Å². The summed E-state index contributed by atoms with van der Waals surface area (Å²) in [7, 11) is 1.69. The average Bonchev–Trinajstić information content (AvgIpc) is 3.01. The maximum atomic E-state index is 12.1. The van der Waals surface area contributed by atoms with Crippen molar-refractivity contribution in [3.8, 4) is 0 Å². The van der Waals surface area contributed by atoms with Crippen molar-refractivity contribution < 1.29 is 14.3 Å². The smallest absolute Gasteiger partial charge is 0.343 e. The first-order chi connectivity index (χ1) is 9.13. The summed E-state index contributed by atoms with van der Waals surface area (Å²) in [5.41, 5.74) is 0.302. The highest BCUT2D eigenvalue weighted by Gasteiger charge is 2.25. The molecule has 0 saturated heterocycles. The van der Waals surface area contributed by atoms with Crippen LogP contribution in [0.1, 0.15) is 43.0 Å². The molecule has 1 saturated carbocycles. The van der Waals surface area contributed by atoms with Crippen LogP contribution in [0.2, 0.25) is 0 Å². The lowest BCUT2D eigenvalue weighted by Crippen LogP contribution is -2.23. The lowest BCUT2D eigenvalue weighted by atomic mass is 10.1. The lowest BCUT2D eigenvalue weighted by Gasteiger charge is -2.11. The van der Waals surface area contributed by atoms with Crippen LogP contribution in [0, 0.1) is 5.92 Å². The number of aryl methyl sites for hydroxylation is 1. The van der Waals surface area contributed by atoms with E-state index < -0.39 is 5.97 Å². The highest BCUT2D eigenvalue weighted by atomic mass is 16.5. The fourth-order valence-electron chi connectivity index (χ4n) is 2.35. The minimum atomic E-state index is -0.461. The van der Waals surface area contributed by atoms with Gasteiger partial charge in [0.1, 0.15) is 11.4 Å². The first-order valence-corrected chi connectivity index (χ1v) is 6.63. The summed E-state index contributed by atoms with van der Waals surface area (Å²) in [5, 5.41) is 6.80. The normalized spacial score (nSPS) is 15.5. The number of rotatable bonds is 4. The number of nitrogens with zero attached hydrogens (tertiary/aromatic N) is 2. The monoisotopic (exact) mass is 265 g/mol. The molecule has 1 aliphatic carbocycles. The van der Waals surface area contributed by atoms with Crippen molar-refractivity contribution in [2.24, 2.45) is 13.0 Å². The van der Waals surface area contributed by atoms with Crippen molar-refractivity contribution >= 4 is 17.7 Å². The van der Waals surface area contributed by atoms with Gasteiger partial charge >= 0.3 is 5.97 Å². The van der Waals surface area contributed by atoms with Gasteiger partial charge in [0.2, 0.25) is 5.91 Å². The van der Waals surface area contributed by atoms with Crippen LogP contribution in [-0.2, 0) is 16.6 Å². The molecule has 104 valence electrons. The molecule has 1 N–H and O–H groups in total. The van der Waals surface area contributed by atoms with E-state index in [1.165, 1.54) is 10.9 Å². The fraction of sp³-hybridized carbons (Fsp3) is 0.615. The van der Waals surface area contributed by atoms with E-state index in [1.54, 1.807) is 14.0 Å². The molecule has 0 spiro atoms. The van der Waals surface area contributed by atoms with E-state index in [0.717, 1.165) is 25.7 Å². The van der Waals surface area contributed by atoms with E-state index in [-0.39, 0.29) is 11.8 Å². The van der Waals surface area contributed by atoms with Gasteiger partial charge in [0.25, 0.3) is 0 Å². The van der Waals surface area contributed by atoms with Gasteiger partial charge in [-0.1, -0.05) is 12.8 Å². The van der Waals surface area contributed by atoms with Crippen LogP contribution < -0.4 is 5.32 Å². The number of aromatic nitrogens is 2. The zero-order valence-corrected chi connectivity index (χ0v) is 11.3. The van der Waals surface area contributed by atoms with Gasteiger partial charge in [-0.05, 0) is 19.8 Å². The number of carbonyl (C=O) groups excluding carboxylic acids is 2. The summed E-state index contributed by atoms with van der Waals surface area (Å²) < 4.78 is 6.43. The summed E-state index contributed by atoms with van der Waals surface area (Å²) in [6, 6.07) is 0. The van der Waals surface area contributed by atoms with Gasteiger partial charge in [0, 0.05) is 13.0 Å². The Kier molecular flexibility index (Phi) is 4.19. The van der Waals surface area contributed by atoms with Crippen LogP contribution >= 0.6 is 0 Å². The van der Waals surface area contributed by atoms with E-state index in [9.17, 15) is 9.59 Å². The molecule has 1 heterocycles. The Balaban J connectivity index is 2.12. The number of anilines is 1. The van der Waals surface area contributed by atoms with Crippen LogP contribution in [-0.4, -0.2) is 28.3 Å². The molecule has 0 bridgehead atoms. The van der Waals surface area contributed by atoms with E-state index in [2.05, 4.69) is 10.4 Å². The molecule has 0 unspecified atom stereocenters. The Hall–Kier alpha value is -1.85. The van der Waals surface area contributed by atoms with E-state index in [1.807, 2.05) is 0 Å². The summed E-state index contributed by atoms with van der Waals surface area (Å²) >= 11 is 0. The molecule has 0 radical (unpaired) electrons. The van der Waals surface area contributed by atoms with Crippen molar-refractivity contribution in [2.75, 3.05) is 11.9 Å². The largest absolute Gasteiger partial charge is 0.462 e. The Morgan fingerprint density at radius 3 is 2.79 bits per heavy atom. The second-order valence-electron chi connectivity index (χ2n) is 4.72. The molecule has 1 aromatic heterocycles. The number of hydrogen-bond donors (Lipinski definition) is 1. The number of hydrogen-bond acceptors (Lipinski definition) is 4. The lowest BCUT2D eigenvalue weighted by molar-refractivity contribution is -0.119. The van der Waals surface area contributed by atoms with Crippen LogP contribution in [0.4, 0.5) is 5.82 Å². The summed E-state index contributed by atoms with van der Waals surface area (Å²) in [6.07, 6.45) is 5.43. The van der Waals surface area contributed by atoms with Gasteiger partial charge in [0.15, 0.2) is 0 Å². The Morgan fingerprint density at radius 2 is 2.16 bits per heavy atom. The SMILES string of the molecule is CCOC(=O)c1cnn(C)c1NC(=O)C1CCCC1. The molecule has 0 aliphatic heterocycles. The first kappa shape index (κ1) is 13.6. The van der Waals surface area contributed by atoms with Gasteiger partial charge in [-0.25, -0.2) is 4.79 Å². The third-order valence-electron chi connectivity index (χ3n) is 3.40. The fourth-order valence-corrected chi connectivity index (χ4v) is 2.35. The van der Waals surface area contributed by atoms with Crippen LogP contribution in [0.25, 0.3) is 0 Å². The number of ether oxygens (including phenoxy) is 1. The molecular formula is C13H19N3O3. The molecule has 0 aromatic carbocycles. The highest BCUT2D eigenvalue weighted by Crippen LogP contribution is 2.26. The summed E-state index contributed by atoms with van der Waals surface area (Å²) in [6.45, 7) is 2.04. The Morgan fingerprint density at radius 1 is 1.47 bits per heavy atom. The minimum absolute atomic E-state index is 0.0355. The number of nitrogens with one attached hydrogen (secondary N) is 1. The Bertz CT molecular complexity index is 475. The minimum Gasteiger partial charge on any atom is -0.462 e. The number of carbonyl (C=O) groups is 2. The van der Waals surface area contributed by atoms with Crippen molar-refractivity contribution in [1.29, 1.82) is 0 Å². The zero-order chi connectivity index (χ0) is 13.8. The molecule has 1 fully saturated rings. The molecule has 1 amide bonds. The molecule has 1 aromatic rings.